The molecule has 0 bridgehead atoms. The van der Waals surface area contributed by atoms with Crippen LogP contribution in [0, 0.1) is 0 Å². The first-order chi connectivity index (χ1) is 13.3. The number of methoxy groups -OCH3 is 2. The van der Waals surface area contributed by atoms with Crippen molar-refractivity contribution >= 4 is 17.4 Å². The van der Waals surface area contributed by atoms with E-state index >= 15 is 0 Å². The fraction of sp³-hybridized carbons (Fsp3) is 0.524. The SMILES string of the molecule is COc1cccc(-c2csc(C3CCN(C(=O)OC(C)(C)C)CC3)n2)c1OC. The minimum absolute atomic E-state index is 0.230. The molecule has 1 aromatic carbocycles. The van der Waals surface area contributed by atoms with E-state index in [0.717, 1.165) is 29.1 Å². The van der Waals surface area contributed by atoms with Gasteiger partial charge in [-0.2, -0.15) is 0 Å². The highest BCUT2D eigenvalue weighted by Gasteiger charge is 2.29. The molecular formula is C21H28N2O4S. The molecule has 0 saturated carbocycles. The number of carbonyl (C=O) groups excluding carboxylic acids is 1. The van der Waals surface area contributed by atoms with E-state index in [1.54, 1.807) is 30.5 Å². The van der Waals surface area contributed by atoms with Crippen LogP contribution in [0.1, 0.15) is 44.5 Å². The zero-order valence-electron chi connectivity index (χ0n) is 17.2. The van der Waals surface area contributed by atoms with Crippen molar-refractivity contribution in [3.63, 3.8) is 0 Å². The topological polar surface area (TPSA) is 60.9 Å². The van der Waals surface area contributed by atoms with Crippen molar-refractivity contribution in [2.75, 3.05) is 27.3 Å². The molecule has 1 aromatic heterocycles. The van der Waals surface area contributed by atoms with Crippen LogP contribution in [0.2, 0.25) is 0 Å². The lowest BCUT2D eigenvalue weighted by Crippen LogP contribution is -2.41. The maximum absolute atomic E-state index is 12.2. The number of benzene rings is 1. The number of para-hydroxylation sites is 1. The fourth-order valence-corrected chi connectivity index (χ4v) is 4.31. The number of amides is 1. The third kappa shape index (κ3) is 4.58. The predicted octanol–water partition coefficient (Wildman–Crippen LogP) is 4.94. The highest BCUT2D eigenvalue weighted by Crippen LogP contribution is 2.40. The Morgan fingerprint density at radius 1 is 1.18 bits per heavy atom. The molecule has 1 aliphatic rings. The first kappa shape index (κ1) is 20.5. The Morgan fingerprint density at radius 3 is 2.50 bits per heavy atom. The number of aromatic nitrogens is 1. The van der Waals surface area contributed by atoms with Gasteiger partial charge in [0.25, 0.3) is 0 Å². The molecule has 7 heteroatoms. The second-order valence-electron chi connectivity index (χ2n) is 7.85. The van der Waals surface area contributed by atoms with Crippen molar-refractivity contribution in [3.05, 3.63) is 28.6 Å². The lowest BCUT2D eigenvalue weighted by atomic mass is 9.98. The molecule has 1 aliphatic heterocycles. The summed E-state index contributed by atoms with van der Waals surface area (Å²) in [6.07, 6.45) is 1.55. The number of thiazole rings is 1. The van der Waals surface area contributed by atoms with Crippen LogP contribution in [-0.2, 0) is 4.74 Å². The summed E-state index contributed by atoms with van der Waals surface area (Å²) < 4.78 is 16.4. The molecule has 6 nitrogen and oxygen atoms in total. The van der Waals surface area contributed by atoms with Crippen LogP contribution >= 0.6 is 11.3 Å². The van der Waals surface area contributed by atoms with Crippen molar-refractivity contribution < 1.29 is 19.0 Å². The van der Waals surface area contributed by atoms with Crippen LogP contribution in [0.25, 0.3) is 11.3 Å². The summed E-state index contributed by atoms with van der Waals surface area (Å²) in [5, 5.41) is 3.16. The van der Waals surface area contributed by atoms with Crippen LogP contribution in [0.3, 0.4) is 0 Å². The van der Waals surface area contributed by atoms with E-state index in [4.69, 9.17) is 19.2 Å². The summed E-state index contributed by atoms with van der Waals surface area (Å²) in [5.41, 5.74) is 1.36. The monoisotopic (exact) mass is 404 g/mol. The van der Waals surface area contributed by atoms with E-state index in [2.05, 4.69) is 5.38 Å². The number of likely N-dealkylation sites (tertiary alicyclic amines) is 1. The van der Waals surface area contributed by atoms with E-state index < -0.39 is 5.60 Å². The molecule has 0 unspecified atom stereocenters. The summed E-state index contributed by atoms with van der Waals surface area (Å²) in [7, 11) is 3.27. The molecule has 0 radical (unpaired) electrons. The van der Waals surface area contributed by atoms with Crippen LogP contribution < -0.4 is 9.47 Å². The molecule has 0 spiro atoms. The molecule has 0 N–H and O–H groups in total. The zero-order valence-corrected chi connectivity index (χ0v) is 18.0. The summed E-state index contributed by atoms with van der Waals surface area (Å²) in [5.74, 6) is 1.75. The van der Waals surface area contributed by atoms with Crippen LogP contribution in [0.5, 0.6) is 11.5 Å². The van der Waals surface area contributed by atoms with Gasteiger partial charge in [0, 0.05) is 30.0 Å². The number of carbonyl (C=O) groups is 1. The fourth-order valence-electron chi connectivity index (χ4n) is 3.32. The van der Waals surface area contributed by atoms with E-state index in [0.29, 0.717) is 30.5 Å². The Morgan fingerprint density at radius 2 is 1.89 bits per heavy atom. The minimum Gasteiger partial charge on any atom is -0.493 e. The standard InChI is InChI=1S/C21H28N2O4S/c1-21(2,3)27-20(24)23-11-9-14(10-12-23)19-22-16(13-28-19)15-7-6-8-17(25-4)18(15)26-5/h6-8,13-14H,9-12H2,1-5H3. The second kappa shape index (κ2) is 8.39. The van der Waals surface area contributed by atoms with Crippen LogP contribution in [0.4, 0.5) is 4.79 Å². The molecule has 1 amide bonds. The number of rotatable bonds is 4. The smallest absolute Gasteiger partial charge is 0.410 e. The van der Waals surface area contributed by atoms with Crippen molar-refractivity contribution in [1.82, 2.24) is 9.88 Å². The lowest BCUT2D eigenvalue weighted by molar-refractivity contribution is 0.0205. The number of piperidine rings is 1. The highest BCUT2D eigenvalue weighted by molar-refractivity contribution is 7.10. The van der Waals surface area contributed by atoms with Gasteiger partial charge >= 0.3 is 6.09 Å². The maximum atomic E-state index is 12.2. The second-order valence-corrected chi connectivity index (χ2v) is 8.74. The van der Waals surface area contributed by atoms with Gasteiger partial charge < -0.3 is 19.1 Å². The first-order valence-electron chi connectivity index (χ1n) is 9.47. The van der Waals surface area contributed by atoms with Gasteiger partial charge in [-0.15, -0.1) is 11.3 Å². The molecule has 28 heavy (non-hydrogen) atoms. The largest absolute Gasteiger partial charge is 0.493 e. The van der Waals surface area contributed by atoms with Gasteiger partial charge in [-0.3, -0.25) is 0 Å². The van der Waals surface area contributed by atoms with Gasteiger partial charge in [-0.1, -0.05) is 6.07 Å². The number of ether oxygens (including phenoxy) is 3. The van der Waals surface area contributed by atoms with Gasteiger partial charge in [0.2, 0.25) is 0 Å². The average Bonchev–Trinajstić information content (AvgIpc) is 3.16. The number of hydrogen-bond acceptors (Lipinski definition) is 6. The molecule has 0 aliphatic carbocycles. The molecule has 3 rings (SSSR count). The van der Waals surface area contributed by atoms with E-state index in [9.17, 15) is 4.79 Å². The van der Waals surface area contributed by atoms with Crippen LogP contribution in [0.15, 0.2) is 23.6 Å². The maximum Gasteiger partial charge on any atom is 0.410 e. The molecule has 2 heterocycles. The Balaban J connectivity index is 1.69. The Hall–Kier alpha value is -2.28. The summed E-state index contributed by atoms with van der Waals surface area (Å²) in [6.45, 7) is 7.05. The van der Waals surface area contributed by atoms with Crippen molar-refractivity contribution in [2.24, 2.45) is 0 Å². The molecular weight excluding hydrogens is 376 g/mol. The van der Waals surface area contributed by atoms with E-state index in [-0.39, 0.29) is 6.09 Å². The molecule has 0 atom stereocenters. The Labute approximate surface area is 170 Å². The minimum atomic E-state index is -0.464. The van der Waals surface area contributed by atoms with Gasteiger partial charge in [0.15, 0.2) is 11.5 Å². The Kier molecular flexibility index (Phi) is 6.13. The summed E-state index contributed by atoms with van der Waals surface area (Å²) in [4.78, 5) is 18.9. The number of nitrogens with zero attached hydrogens (tertiary/aromatic N) is 2. The third-order valence-corrected chi connectivity index (χ3v) is 5.70. The van der Waals surface area contributed by atoms with Gasteiger partial charge in [-0.25, -0.2) is 9.78 Å². The van der Waals surface area contributed by atoms with Crippen molar-refractivity contribution in [2.45, 2.75) is 45.1 Å². The first-order valence-corrected chi connectivity index (χ1v) is 10.3. The number of hydrogen-bond donors (Lipinski definition) is 0. The van der Waals surface area contributed by atoms with Crippen molar-refractivity contribution in [3.8, 4) is 22.8 Å². The molecule has 2 aromatic rings. The van der Waals surface area contributed by atoms with Gasteiger partial charge in [0.1, 0.15) is 5.60 Å². The molecule has 1 saturated heterocycles. The quantitative estimate of drug-likeness (QED) is 0.722. The Bertz CT molecular complexity index is 820. The summed E-state index contributed by atoms with van der Waals surface area (Å²) in [6, 6.07) is 5.81. The predicted molar refractivity (Wildman–Crippen MR) is 110 cm³/mol. The molecule has 152 valence electrons. The van der Waals surface area contributed by atoms with Crippen molar-refractivity contribution in [1.29, 1.82) is 0 Å². The summed E-state index contributed by atoms with van der Waals surface area (Å²) >= 11 is 1.66. The normalized spacial score (nSPS) is 15.4. The van der Waals surface area contributed by atoms with Crippen LogP contribution in [-0.4, -0.2) is 48.9 Å². The third-order valence-electron chi connectivity index (χ3n) is 4.70. The molecule has 1 fully saturated rings. The lowest BCUT2D eigenvalue weighted by Gasteiger charge is -2.32. The van der Waals surface area contributed by atoms with Gasteiger partial charge in [0.05, 0.1) is 24.9 Å². The van der Waals surface area contributed by atoms with Gasteiger partial charge in [-0.05, 0) is 45.7 Å². The zero-order chi connectivity index (χ0) is 20.3. The average molecular weight is 405 g/mol. The van der Waals surface area contributed by atoms with E-state index in [1.807, 2.05) is 39.0 Å². The highest BCUT2D eigenvalue weighted by atomic mass is 32.1. The van der Waals surface area contributed by atoms with E-state index in [1.165, 1.54) is 0 Å².